The van der Waals surface area contributed by atoms with Crippen LogP contribution < -0.4 is 11.1 Å². The lowest BCUT2D eigenvalue weighted by atomic mass is 9.78. The Bertz CT molecular complexity index is 334. The first-order chi connectivity index (χ1) is 7.40. The fraction of sp³-hybridized carbons (Fsp3) is 0.700. The molecule has 0 bridgehead atoms. The Labute approximate surface area is 94.2 Å². The maximum absolute atomic E-state index is 12.1. The molecule has 0 aromatic heterocycles. The summed E-state index contributed by atoms with van der Waals surface area (Å²) in [6.07, 6.45) is -0.0342. The third-order valence-corrected chi connectivity index (χ3v) is 3.12. The number of nitrogens with zero attached hydrogens (tertiary/aromatic N) is 1. The van der Waals surface area contributed by atoms with Crippen molar-refractivity contribution >= 4 is 17.8 Å². The van der Waals surface area contributed by atoms with Crippen molar-refractivity contribution in [2.45, 2.75) is 39.8 Å². The highest BCUT2D eigenvalue weighted by Gasteiger charge is 2.52. The smallest absolute Gasteiger partial charge is 0.311 e. The number of rotatable bonds is 3. The topological polar surface area (TPSA) is 92.5 Å². The van der Waals surface area contributed by atoms with Crippen molar-refractivity contribution in [1.29, 1.82) is 0 Å². The maximum Gasteiger partial charge on any atom is 0.332 e. The lowest BCUT2D eigenvalue weighted by molar-refractivity contribution is -0.153. The minimum absolute atomic E-state index is 0.352. The molecule has 1 saturated heterocycles. The highest BCUT2D eigenvalue weighted by molar-refractivity contribution is 6.19. The quantitative estimate of drug-likeness (QED) is 0.672. The average molecular weight is 227 g/mol. The predicted molar refractivity (Wildman–Crippen MR) is 57.0 cm³/mol. The third kappa shape index (κ3) is 1.59. The van der Waals surface area contributed by atoms with Gasteiger partial charge in [0.25, 0.3) is 0 Å². The van der Waals surface area contributed by atoms with Crippen LogP contribution >= 0.6 is 0 Å². The normalized spacial score (nSPS) is 22.0. The van der Waals surface area contributed by atoms with Crippen LogP contribution in [0.2, 0.25) is 0 Å². The summed E-state index contributed by atoms with van der Waals surface area (Å²) < 4.78 is 0. The molecule has 1 fully saturated rings. The SMILES string of the molecule is CCC1(CC)C(=O)NC(=O)N(C(C)N)C1=O. The molecule has 4 amide bonds. The molecule has 1 aliphatic heterocycles. The number of imide groups is 2. The molecular weight excluding hydrogens is 210 g/mol. The van der Waals surface area contributed by atoms with E-state index in [-0.39, 0.29) is 0 Å². The number of nitrogens with one attached hydrogen (secondary N) is 1. The van der Waals surface area contributed by atoms with Crippen molar-refractivity contribution < 1.29 is 14.4 Å². The first-order valence-corrected chi connectivity index (χ1v) is 5.35. The molecule has 90 valence electrons. The van der Waals surface area contributed by atoms with Gasteiger partial charge in [-0.2, -0.15) is 0 Å². The van der Waals surface area contributed by atoms with Crippen molar-refractivity contribution in [3.8, 4) is 0 Å². The van der Waals surface area contributed by atoms with Gasteiger partial charge in [-0.15, -0.1) is 0 Å². The molecule has 16 heavy (non-hydrogen) atoms. The summed E-state index contributed by atoms with van der Waals surface area (Å²) in [5.74, 6) is -1.02. The van der Waals surface area contributed by atoms with Crippen LogP contribution in [-0.2, 0) is 9.59 Å². The van der Waals surface area contributed by atoms with Gasteiger partial charge < -0.3 is 5.73 Å². The zero-order valence-corrected chi connectivity index (χ0v) is 9.74. The number of carbonyl (C=O) groups excluding carboxylic acids is 3. The number of hydrogen-bond acceptors (Lipinski definition) is 4. The minimum Gasteiger partial charge on any atom is -0.311 e. The number of nitrogens with two attached hydrogens (primary N) is 1. The fourth-order valence-corrected chi connectivity index (χ4v) is 1.94. The van der Waals surface area contributed by atoms with Gasteiger partial charge in [0.2, 0.25) is 11.8 Å². The van der Waals surface area contributed by atoms with Gasteiger partial charge in [-0.1, -0.05) is 13.8 Å². The minimum atomic E-state index is -1.15. The number of carbonyl (C=O) groups is 3. The Hall–Kier alpha value is -1.43. The van der Waals surface area contributed by atoms with Crippen LogP contribution in [0.25, 0.3) is 0 Å². The summed E-state index contributed by atoms with van der Waals surface area (Å²) in [6, 6.07) is -0.734. The third-order valence-electron chi connectivity index (χ3n) is 3.12. The molecule has 1 heterocycles. The molecular formula is C10H17N3O3. The van der Waals surface area contributed by atoms with Gasteiger partial charge in [0.05, 0.1) is 6.17 Å². The van der Waals surface area contributed by atoms with Gasteiger partial charge in [0.15, 0.2) is 0 Å². The molecule has 0 saturated carbocycles. The van der Waals surface area contributed by atoms with E-state index in [1.54, 1.807) is 13.8 Å². The maximum atomic E-state index is 12.1. The van der Waals surface area contributed by atoms with Gasteiger partial charge in [0, 0.05) is 0 Å². The molecule has 0 aliphatic carbocycles. The summed E-state index contributed by atoms with van der Waals surface area (Å²) in [6.45, 7) is 5.02. The molecule has 0 aromatic carbocycles. The zero-order chi connectivity index (χ0) is 12.5. The van der Waals surface area contributed by atoms with E-state index in [1.807, 2.05) is 0 Å². The standard InChI is InChI=1S/C10H17N3O3/c1-4-10(5-2)7(14)12-9(16)13(6(3)11)8(10)15/h6H,4-5,11H2,1-3H3,(H,12,14,16). The van der Waals surface area contributed by atoms with Gasteiger partial charge in [-0.05, 0) is 19.8 Å². The first kappa shape index (κ1) is 12.6. The molecule has 0 aromatic rings. The van der Waals surface area contributed by atoms with Crippen LogP contribution in [0.15, 0.2) is 0 Å². The van der Waals surface area contributed by atoms with Crippen LogP contribution in [0, 0.1) is 5.41 Å². The summed E-state index contributed by atoms with van der Waals surface area (Å²) in [5.41, 5.74) is 4.41. The van der Waals surface area contributed by atoms with E-state index in [1.165, 1.54) is 6.92 Å². The van der Waals surface area contributed by atoms with Crippen molar-refractivity contribution in [3.05, 3.63) is 0 Å². The Morgan fingerprint density at radius 3 is 2.19 bits per heavy atom. The van der Waals surface area contributed by atoms with Gasteiger partial charge >= 0.3 is 6.03 Å². The summed E-state index contributed by atoms with van der Waals surface area (Å²) in [5, 5.41) is 2.18. The Kier molecular flexibility index (Phi) is 3.32. The average Bonchev–Trinajstić information content (AvgIpc) is 2.18. The Morgan fingerprint density at radius 1 is 1.31 bits per heavy atom. The van der Waals surface area contributed by atoms with E-state index >= 15 is 0 Å². The molecule has 0 spiro atoms. The van der Waals surface area contributed by atoms with Crippen molar-refractivity contribution in [2.75, 3.05) is 0 Å². The zero-order valence-electron chi connectivity index (χ0n) is 9.74. The molecule has 0 radical (unpaired) electrons. The largest absolute Gasteiger partial charge is 0.332 e. The molecule has 1 aliphatic rings. The molecule has 3 N–H and O–H groups in total. The monoisotopic (exact) mass is 227 g/mol. The second-order valence-corrected chi connectivity index (χ2v) is 3.96. The van der Waals surface area contributed by atoms with Crippen LogP contribution in [0.1, 0.15) is 33.6 Å². The van der Waals surface area contributed by atoms with Crippen LogP contribution in [-0.4, -0.2) is 28.9 Å². The molecule has 6 nitrogen and oxygen atoms in total. The summed E-state index contributed by atoms with van der Waals surface area (Å²) in [7, 11) is 0. The van der Waals surface area contributed by atoms with Gasteiger partial charge in [0.1, 0.15) is 5.41 Å². The van der Waals surface area contributed by atoms with Crippen molar-refractivity contribution in [3.63, 3.8) is 0 Å². The molecule has 1 atom stereocenters. The Morgan fingerprint density at radius 2 is 1.81 bits per heavy atom. The predicted octanol–water partition coefficient (Wildman–Crippen LogP) is 0.176. The van der Waals surface area contributed by atoms with E-state index in [2.05, 4.69) is 5.32 Å². The second kappa shape index (κ2) is 4.21. The number of urea groups is 1. The highest BCUT2D eigenvalue weighted by Crippen LogP contribution is 2.32. The molecule has 6 heteroatoms. The fourth-order valence-electron chi connectivity index (χ4n) is 1.94. The van der Waals surface area contributed by atoms with Crippen LogP contribution in [0.3, 0.4) is 0 Å². The van der Waals surface area contributed by atoms with Gasteiger partial charge in [-0.3, -0.25) is 14.9 Å². The van der Waals surface area contributed by atoms with E-state index in [4.69, 9.17) is 5.73 Å². The van der Waals surface area contributed by atoms with Crippen LogP contribution in [0.4, 0.5) is 4.79 Å². The molecule has 1 unspecified atom stereocenters. The number of barbiturate groups is 1. The second-order valence-electron chi connectivity index (χ2n) is 3.96. The summed E-state index contributed by atoms with van der Waals surface area (Å²) in [4.78, 5) is 36.3. The Balaban J connectivity index is 3.17. The number of amides is 4. The van der Waals surface area contributed by atoms with E-state index < -0.39 is 29.4 Å². The van der Waals surface area contributed by atoms with Crippen molar-refractivity contribution in [1.82, 2.24) is 10.2 Å². The van der Waals surface area contributed by atoms with E-state index in [0.29, 0.717) is 12.8 Å². The first-order valence-electron chi connectivity index (χ1n) is 5.35. The van der Waals surface area contributed by atoms with E-state index in [0.717, 1.165) is 4.90 Å². The van der Waals surface area contributed by atoms with Gasteiger partial charge in [-0.25, -0.2) is 9.69 Å². The highest BCUT2D eigenvalue weighted by atomic mass is 16.2. The van der Waals surface area contributed by atoms with E-state index in [9.17, 15) is 14.4 Å². The number of hydrogen-bond donors (Lipinski definition) is 2. The molecule has 1 rings (SSSR count). The summed E-state index contributed by atoms with van der Waals surface area (Å²) >= 11 is 0. The van der Waals surface area contributed by atoms with Crippen LogP contribution in [0.5, 0.6) is 0 Å². The van der Waals surface area contributed by atoms with Crippen molar-refractivity contribution in [2.24, 2.45) is 11.1 Å². The lowest BCUT2D eigenvalue weighted by Crippen LogP contribution is -2.66. The lowest BCUT2D eigenvalue weighted by Gasteiger charge is -2.39.